The third kappa shape index (κ3) is 3.36. The lowest BCUT2D eigenvalue weighted by Crippen LogP contribution is -2.49. The average Bonchev–Trinajstić information content (AvgIpc) is 3.18. The Labute approximate surface area is 158 Å². The first-order valence-electron chi connectivity index (χ1n) is 8.51. The van der Waals surface area contributed by atoms with Gasteiger partial charge in [-0.1, -0.05) is 6.07 Å². The van der Waals surface area contributed by atoms with Gasteiger partial charge in [0.15, 0.2) is 6.04 Å². The molecule has 5 nitrogen and oxygen atoms in total. The molecule has 0 saturated heterocycles. The lowest BCUT2D eigenvalue weighted by molar-refractivity contribution is -0.155. The van der Waals surface area contributed by atoms with Crippen LogP contribution < -0.4 is 10.1 Å². The maximum atomic E-state index is 13.4. The van der Waals surface area contributed by atoms with Gasteiger partial charge in [-0.05, 0) is 36.1 Å². The van der Waals surface area contributed by atoms with Crippen LogP contribution in [0.2, 0.25) is 0 Å². The highest BCUT2D eigenvalue weighted by Crippen LogP contribution is 2.53. The lowest BCUT2D eigenvalue weighted by atomic mass is 9.87. The highest BCUT2D eigenvalue weighted by molar-refractivity contribution is 7.09. The first-order valence-corrected chi connectivity index (χ1v) is 9.39. The molecule has 1 aliphatic heterocycles. The molecule has 1 fully saturated rings. The molecule has 1 N–H and O–H groups in total. The molecule has 2 amide bonds. The van der Waals surface area contributed by atoms with Gasteiger partial charge in [0.05, 0.1) is 7.11 Å². The Balaban J connectivity index is 1.56. The van der Waals surface area contributed by atoms with E-state index in [1.165, 1.54) is 16.5 Å². The molecular formula is C18H18F3N3O2S. The van der Waals surface area contributed by atoms with E-state index in [9.17, 15) is 18.0 Å². The summed E-state index contributed by atoms with van der Waals surface area (Å²) in [6.45, 7) is 0.677. The number of hydrogen-bond donors (Lipinski definition) is 1. The molecule has 4 rings (SSSR count). The number of ether oxygens (including phenoxy) is 1. The lowest BCUT2D eigenvalue weighted by Gasteiger charge is -2.36. The summed E-state index contributed by atoms with van der Waals surface area (Å²) in [6, 6.07) is 2.85. The fourth-order valence-electron chi connectivity index (χ4n) is 3.62. The first kappa shape index (κ1) is 18.1. The second-order valence-electron chi connectivity index (χ2n) is 6.95. The topological polar surface area (TPSA) is 54.5 Å². The van der Waals surface area contributed by atoms with Crippen LogP contribution in [0.15, 0.2) is 29.8 Å². The van der Waals surface area contributed by atoms with Crippen LogP contribution in [0.25, 0.3) is 0 Å². The number of carbonyl (C=O) groups is 1. The highest BCUT2D eigenvalue weighted by Gasteiger charge is 2.51. The van der Waals surface area contributed by atoms with Crippen LogP contribution >= 0.6 is 11.3 Å². The molecule has 1 aromatic carbocycles. The van der Waals surface area contributed by atoms with Crippen molar-refractivity contribution >= 4 is 17.4 Å². The van der Waals surface area contributed by atoms with E-state index in [2.05, 4.69) is 10.3 Å². The molecule has 2 heterocycles. The second kappa shape index (κ2) is 6.40. The average molecular weight is 397 g/mol. The minimum absolute atomic E-state index is 0.167. The number of benzene rings is 1. The van der Waals surface area contributed by atoms with Gasteiger partial charge in [0.25, 0.3) is 0 Å². The van der Waals surface area contributed by atoms with Crippen molar-refractivity contribution in [3.05, 3.63) is 45.9 Å². The van der Waals surface area contributed by atoms with Crippen LogP contribution in [-0.2, 0) is 12.0 Å². The molecule has 1 spiro atoms. The summed E-state index contributed by atoms with van der Waals surface area (Å²) in [7, 11) is 1.60. The third-order valence-corrected chi connectivity index (χ3v) is 6.02. The molecule has 9 heteroatoms. The van der Waals surface area contributed by atoms with Gasteiger partial charge < -0.3 is 15.0 Å². The van der Waals surface area contributed by atoms with Gasteiger partial charge in [0, 0.05) is 30.1 Å². The highest BCUT2D eigenvalue weighted by atomic mass is 32.1. The summed E-state index contributed by atoms with van der Waals surface area (Å²) in [5, 5.41) is 3.43. The summed E-state index contributed by atoms with van der Waals surface area (Å²) < 4.78 is 45.5. The van der Waals surface area contributed by atoms with Crippen molar-refractivity contribution in [3.63, 3.8) is 0 Å². The number of rotatable bonds is 3. The smallest absolute Gasteiger partial charge is 0.415 e. The minimum Gasteiger partial charge on any atom is -0.497 e. The largest absolute Gasteiger partial charge is 0.497 e. The van der Waals surface area contributed by atoms with E-state index in [0.717, 1.165) is 41.1 Å². The van der Waals surface area contributed by atoms with E-state index in [1.54, 1.807) is 7.11 Å². The Hall–Kier alpha value is -2.29. The van der Waals surface area contributed by atoms with E-state index in [1.807, 2.05) is 18.2 Å². The molecule has 1 aliphatic carbocycles. The predicted molar refractivity (Wildman–Crippen MR) is 93.8 cm³/mol. The number of nitrogens with zero attached hydrogens (tertiary/aromatic N) is 2. The quantitative estimate of drug-likeness (QED) is 0.851. The van der Waals surface area contributed by atoms with E-state index >= 15 is 0 Å². The van der Waals surface area contributed by atoms with Crippen LogP contribution in [0, 0.1) is 0 Å². The molecule has 0 bridgehead atoms. The fourth-order valence-corrected chi connectivity index (χ4v) is 4.33. The molecule has 2 aliphatic rings. The van der Waals surface area contributed by atoms with Crippen molar-refractivity contribution < 1.29 is 22.7 Å². The SMILES string of the molecule is COc1ccc2c(c1)C1(CC1)CN(C(=O)NC(c1nccs1)C(F)(F)F)C2. The first-order chi connectivity index (χ1) is 12.8. The normalized spacial score (nSPS) is 18.7. The van der Waals surface area contributed by atoms with Gasteiger partial charge in [-0.15, -0.1) is 11.3 Å². The van der Waals surface area contributed by atoms with Crippen molar-refractivity contribution in [2.45, 2.75) is 37.0 Å². The van der Waals surface area contributed by atoms with Crippen molar-refractivity contribution in [1.82, 2.24) is 15.2 Å². The van der Waals surface area contributed by atoms with Crippen LogP contribution in [0.3, 0.4) is 0 Å². The molecule has 2 aromatic rings. The zero-order valence-electron chi connectivity index (χ0n) is 14.5. The number of fused-ring (bicyclic) bond motifs is 2. The summed E-state index contributed by atoms with van der Waals surface area (Å²) in [6.07, 6.45) is -1.49. The molecule has 1 unspecified atom stereocenters. The number of urea groups is 1. The molecule has 1 aromatic heterocycles. The Bertz CT molecular complexity index is 850. The van der Waals surface area contributed by atoms with Gasteiger partial charge in [-0.3, -0.25) is 0 Å². The summed E-state index contributed by atoms with van der Waals surface area (Å²) >= 11 is 0.873. The Morgan fingerprint density at radius 2 is 2.19 bits per heavy atom. The van der Waals surface area contributed by atoms with Gasteiger partial charge in [0.2, 0.25) is 0 Å². The van der Waals surface area contributed by atoms with Gasteiger partial charge in [-0.25, -0.2) is 9.78 Å². The van der Waals surface area contributed by atoms with Gasteiger partial charge in [-0.2, -0.15) is 13.2 Å². The molecule has 27 heavy (non-hydrogen) atoms. The number of amides is 2. The number of aromatic nitrogens is 1. The Morgan fingerprint density at radius 1 is 1.41 bits per heavy atom. The van der Waals surface area contributed by atoms with Crippen molar-refractivity contribution in [1.29, 1.82) is 0 Å². The van der Waals surface area contributed by atoms with Crippen LogP contribution in [0.1, 0.15) is 35.0 Å². The Morgan fingerprint density at radius 3 is 2.78 bits per heavy atom. The number of nitrogens with one attached hydrogen (secondary N) is 1. The molecule has 144 valence electrons. The van der Waals surface area contributed by atoms with Crippen molar-refractivity contribution in [2.75, 3.05) is 13.7 Å². The predicted octanol–water partition coefficient (Wildman–Crippen LogP) is 4.01. The minimum atomic E-state index is -4.61. The molecule has 1 saturated carbocycles. The number of thiazole rings is 1. The van der Waals surface area contributed by atoms with Crippen LogP contribution in [0.4, 0.5) is 18.0 Å². The second-order valence-corrected chi connectivity index (χ2v) is 7.88. The van der Waals surface area contributed by atoms with E-state index < -0.39 is 18.2 Å². The van der Waals surface area contributed by atoms with E-state index in [-0.39, 0.29) is 17.0 Å². The van der Waals surface area contributed by atoms with E-state index in [0.29, 0.717) is 6.54 Å². The molecule has 1 atom stereocenters. The zero-order valence-corrected chi connectivity index (χ0v) is 15.4. The number of alkyl halides is 3. The third-order valence-electron chi connectivity index (χ3n) is 5.18. The molecular weight excluding hydrogens is 379 g/mol. The number of methoxy groups -OCH3 is 1. The number of carbonyl (C=O) groups excluding carboxylic acids is 1. The van der Waals surface area contributed by atoms with Crippen molar-refractivity contribution in [2.24, 2.45) is 0 Å². The van der Waals surface area contributed by atoms with E-state index in [4.69, 9.17) is 4.74 Å². The fraction of sp³-hybridized carbons (Fsp3) is 0.444. The summed E-state index contributed by atoms with van der Waals surface area (Å²) in [5.41, 5.74) is 1.92. The monoisotopic (exact) mass is 397 g/mol. The summed E-state index contributed by atoms with van der Waals surface area (Å²) in [5.74, 6) is 0.749. The van der Waals surface area contributed by atoms with Crippen molar-refractivity contribution in [3.8, 4) is 5.75 Å². The van der Waals surface area contributed by atoms with Crippen LogP contribution in [-0.4, -0.2) is 35.7 Å². The number of halogens is 3. The standard InChI is InChI=1S/C18H18F3N3O2S/c1-26-12-3-2-11-9-24(10-17(4-5-17)13(11)8-12)16(25)23-14(18(19,20)21)15-22-6-7-27-15/h2-3,6-8,14H,4-5,9-10H2,1H3,(H,23,25). The van der Waals surface area contributed by atoms with Gasteiger partial charge >= 0.3 is 12.2 Å². The van der Waals surface area contributed by atoms with Gasteiger partial charge in [0.1, 0.15) is 10.8 Å². The maximum Gasteiger partial charge on any atom is 0.415 e. The Kier molecular flexibility index (Phi) is 4.29. The summed E-state index contributed by atoms with van der Waals surface area (Å²) in [4.78, 5) is 17.9. The number of hydrogen-bond acceptors (Lipinski definition) is 4. The zero-order chi connectivity index (χ0) is 19.2. The van der Waals surface area contributed by atoms with Crippen LogP contribution in [0.5, 0.6) is 5.75 Å². The maximum absolute atomic E-state index is 13.4. The molecule has 0 radical (unpaired) electrons.